The van der Waals surface area contributed by atoms with Crippen molar-refractivity contribution < 1.29 is 24.2 Å². The van der Waals surface area contributed by atoms with E-state index >= 15 is 0 Å². The minimum atomic E-state index is -1.06. The zero-order valence-electron chi connectivity index (χ0n) is 27.4. The van der Waals surface area contributed by atoms with Crippen molar-refractivity contribution in [2.24, 2.45) is 17.8 Å². The van der Waals surface area contributed by atoms with Crippen LogP contribution in [0.5, 0.6) is 0 Å². The molecule has 3 saturated heterocycles. The molecule has 3 unspecified atom stereocenters. The highest BCUT2D eigenvalue weighted by Gasteiger charge is 2.80. The monoisotopic (exact) mass is 619 g/mol. The molecule has 1 aliphatic carbocycles. The van der Waals surface area contributed by atoms with E-state index in [9.17, 15) is 19.5 Å². The van der Waals surface area contributed by atoms with Gasteiger partial charge in [0.2, 0.25) is 17.7 Å². The van der Waals surface area contributed by atoms with E-state index in [2.05, 4.69) is 20.1 Å². The summed E-state index contributed by atoms with van der Waals surface area (Å²) in [4.78, 5) is 49.7. The maximum absolute atomic E-state index is 14.9. The van der Waals surface area contributed by atoms with Gasteiger partial charge in [0.05, 0.1) is 17.4 Å². The summed E-state index contributed by atoms with van der Waals surface area (Å²) in [5.41, 5.74) is -0.922. The van der Waals surface area contributed by atoms with Crippen LogP contribution in [0.2, 0.25) is 0 Å². The predicted molar refractivity (Wildman–Crippen MR) is 175 cm³/mol. The number of carbonyl (C=O) groups excluding carboxylic acids is 3. The molecule has 8 heteroatoms. The summed E-state index contributed by atoms with van der Waals surface area (Å²) in [5, 5.41) is 9.27. The number of likely N-dealkylation sites (tertiary alicyclic amines) is 1. The average Bonchev–Trinajstić information content (AvgIpc) is 3.56. The van der Waals surface area contributed by atoms with Gasteiger partial charge in [-0.3, -0.25) is 14.4 Å². The Kier molecular flexibility index (Phi) is 10.5. The first-order valence-corrected chi connectivity index (χ1v) is 17.2. The lowest BCUT2D eigenvalue weighted by atomic mass is 9.62. The molecule has 1 saturated carbocycles. The Morgan fingerprint density at radius 2 is 1.71 bits per heavy atom. The van der Waals surface area contributed by atoms with E-state index in [1.165, 1.54) is 6.42 Å². The summed E-state index contributed by atoms with van der Waals surface area (Å²) in [6.45, 7) is 13.8. The van der Waals surface area contributed by atoms with Gasteiger partial charge >= 0.3 is 0 Å². The molecule has 3 aliphatic heterocycles. The van der Waals surface area contributed by atoms with E-state index < -0.39 is 29.1 Å². The van der Waals surface area contributed by atoms with Crippen LogP contribution in [0.3, 0.4) is 0 Å². The molecule has 0 aromatic heterocycles. The average molecular weight is 620 g/mol. The van der Waals surface area contributed by atoms with Crippen molar-refractivity contribution in [3.05, 3.63) is 61.2 Å². The standard InChI is InChI=1S/C37H53N3O5/c1-5-21-38(26-28-17-11-9-12-18-28)33(42)30-31-34(43)40(23-15-7-8-16-24-41)32(37(31)25-27(3)36(30,4)45-37)35(44)39(22-6-2)29-19-13-10-14-20-29/h5-6,9,11-12,17-18,27,29-32,41H,1-2,7-8,10,13-16,19-26H2,3-4H3/t27?,30-,31-,32?,36+,37?/m0/s1. The van der Waals surface area contributed by atoms with Crippen LogP contribution in [0.1, 0.15) is 83.6 Å². The molecule has 1 aromatic rings. The van der Waals surface area contributed by atoms with E-state index in [0.29, 0.717) is 39.0 Å². The zero-order chi connectivity index (χ0) is 32.2. The summed E-state index contributed by atoms with van der Waals surface area (Å²) < 4.78 is 7.05. The second kappa shape index (κ2) is 14.2. The molecule has 8 nitrogen and oxygen atoms in total. The van der Waals surface area contributed by atoms with Gasteiger partial charge in [0.1, 0.15) is 11.6 Å². The second-order valence-electron chi connectivity index (χ2n) is 13.9. The summed E-state index contributed by atoms with van der Waals surface area (Å²) in [5.74, 6) is -1.75. The number of fused-ring (bicyclic) bond motifs is 1. The number of unbranched alkanes of at least 4 members (excludes halogenated alkanes) is 3. The Hall–Kier alpha value is -2.97. The molecule has 4 aliphatic rings. The van der Waals surface area contributed by atoms with Gasteiger partial charge in [-0.2, -0.15) is 0 Å². The van der Waals surface area contributed by atoms with Gasteiger partial charge < -0.3 is 24.5 Å². The number of hydrogen-bond donors (Lipinski definition) is 1. The van der Waals surface area contributed by atoms with Crippen LogP contribution in [-0.2, 0) is 25.7 Å². The Bertz CT molecular complexity index is 1230. The number of carbonyl (C=O) groups is 3. The number of ether oxygens (including phenoxy) is 1. The number of nitrogens with zero attached hydrogens (tertiary/aromatic N) is 3. The second-order valence-corrected chi connectivity index (χ2v) is 13.9. The van der Waals surface area contributed by atoms with Crippen LogP contribution in [0, 0.1) is 17.8 Å². The molecule has 246 valence electrons. The highest BCUT2D eigenvalue weighted by molar-refractivity contribution is 5.99. The van der Waals surface area contributed by atoms with Crippen LogP contribution in [0.25, 0.3) is 0 Å². The first kappa shape index (κ1) is 33.4. The maximum Gasteiger partial charge on any atom is 0.248 e. The van der Waals surface area contributed by atoms with Crippen molar-refractivity contribution in [1.82, 2.24) is 14.7 Å². The van der Waals surface area contributed by atoms with Crippen molar-refractivity contribution >= 4 is 17.7 Å². The fourth-order valence-corrected chi connectivity index (χ4v) is 8.88. The first-order valence-electron chi connectivity index (χ1n) is 17.2. The molecule has 1 aromatic carbocycles. The number of amides is 3. The normalized spacial score (nSPS) is 30.7. The van der Waals surface area contributed by atoms with Gasteiger partial charge in [0.15, 0.2) is 0 Å². The van der Waals surface area contributed by atoms with Crippen molar-refractivity contribution in [2.75, 3.05) is 26.2 Å². The molecular formula is C37H53N3O5. The lowest BCUT2D eigenvalue weighted by molar-refractivity contribution is -0.156. The van der Waals surface area contributed by atoms with Crippen LogP contribution >= 0.6 is 0 Å². The van der Waals surface area contributed by atoms with Crippen molar-refractivity contribution in [2.45, 2.75) is 108 Å². The molecule has 1 spiro atoms. The van der Waals surface area contributed by atoms with Crippen molar-refractivity contribution in [3.63, 3.8) is 0 Å². The van der Waals surface area contributed by atoms with Gasteiger partial charge in [0.25, 0.3) is 0 Å². The molecular weight excluding hydrogens is 566 g/mol. The van der Waals surface area contributed by atoms with Crippen molar-refractivity contribution in [1.29, 1.82) is 0 Å². The lowest BCUT2D eigenvalue weighted by Crippen LogP contribution is -2.58. The molecule has 5 rings (SSSR count). The maximum atomic E-state index is 14.9. The number of hydrogen-bond acceptors (Lipinski definition) is 5. The van der Waals surface area contributed by atoms with Gasteiger partial charge in [-0.05, 0) is 50.5 Å². The molecule has 2 bridgehead atoms. The Morgan fingerprint density at radius 3 is 2.38 bits per heavy atom. The lowest BCUT2D eigenvalue weighted by Gasteiger charge is -2.41. The van der Waals surface area contributed by atoms with Gasteiger partial charge in [-0.15, -0.1) is 13.2 Å². The van der Waals surface area contributed by atoms with Gasteiger partial charge in [-0.25, -0.2) is 0 Å². The third kappa shape index (κ3) is 6.12. The van der Waals surface area contributed by atoms with Crippen molar-refractivity contribution in [3.8, 4) is 0 Å². The predicted octanol–water partition coefficient (Wildman–Crippen LogP) is 5.11. The number of aliphatic hydroxyl groups excluding tert-OH is 1. The number of rotatable bonds is 15. The molecule has 3 heterocycles. The Balaban J connectivity index is 1.52. The number of benzene rings is 1. The van der Waals surface area contributed by atoms with E-state index in [4.69, 9.17) is 4.74 Å². The minimum absolute atomic E-state index is 0.0138. The SMILES string of the molecule is C=CCN(Cc1ccccc1)C(=O)[C@@H]1[C@H]2C(=O)N(CCCCCCO)C(C(=O)N(CC=C)C3CCCCC3)C23CC(C)[C@@]1(C)O3. The third-order valence-corrected chi connectivity index (χ3v) is 11.1. The zero-order valence-corrected chi connectivity index (χ0v) is 27.4. The van der Waals surface area contributed by atoms with Crippen LogP contribution < -0.4 is 0 Å². The fraction of sp³-hybridized carbons (Fsp3) is 0.649. The molecule has 6 atom stereocenters. The number of aliphatic hydroxyl groups is 1. The highest BCUT2D eigenvalue weighted by atomic mass is 16.5. The highest BCUT2D eigenvalue weighted by Crippen LogP contribution is 2.65. The first-order chi connectivity index (χ1) is 21.7. The smallest absolute Gasteiger partial charge is 0.248 e. The van der Waals surface area contributed by atoms with Gasteiger partial charge in [-0.1, -0.05) is 81.5 Å². The van der Waals surface area contributed by atoms with Gasteiger partial charge in [0, 0.05) is 38.8 Å². The molecule has 1 N–H and O–H groups in total. The summed E-state index contributed by atoms with van der Waals surface area (Å²) >= 11 is 0. The minimum Gasteiger partial charge on any atom is -0.396 e. The Morgan fingerprint density at radius 1 is 1.02 bits per heavy atom. The van der Waals surface area contributed by atoms with E-state index in [1.807, 2.05) is 42.2 Å². The summed E-state index contributed by atoms with van der Waals surface area (Å²) in [6.07, 6.45) is 12.5. The van der Waals surface area contributed by atoms with E-state index in [0.717, 1.165) is 50.5 Å². The largest absolute Gasteiger partial charge is 0.396 e. The summed E-state index contributed by atoms with van der Waals surface area (Å²) in [6, 6.07) is 9.20. The molecule has 0 radical (unpaired) electrons. The summed E-state index contributed by atoms with van der Waals surface area (Å²) in [7, 11) is 0. The van der Waals surface area contributed by atoms with E-state index in [1.54, 1.807) is 22.0 Å². The van der Waals surface area contributed by atoms with E-state index in [-0.39, 0.29) is 36.3 Å². The Labute approximate surface area is 269 Å². The molecule has 3 amide bonds. The fourth-order valence-electron chi connectivity index (χ4n) is 8.88. The topological polar surface area (TPSA) is 90.4 Å². The molecule has 45 heavy (non-hydrogen) atoms. The van der Waals surface area contributed by atoms with Crippen LogP contribution in [-0.4, -0.2) is 87.1 Å². The third-order valence-electron chi connectivity index (χ3n) is 11.1. The quantitative estimate of drug-likeness (QED) is 0.218. The molecule has 4 fully saturated rings. The van der Waals surface area contributed by atoms with Crippen LogP contribution in [0.4, 0.5) is 0 Å². The van der Waals surface area contributed by atoms with Crippen LogP contribution in [0.15, 0.2) is 55.6 Å².